The molecule has 0 spiro atoms. The number of nitrogens with zero attached hydrogens (tertiary/aromatic N) is 5. The van der Waals surface area contributed by atoms with Crippen LogP contribution in [0.15, 0.2) is 79.4 Å². The summed E-state index contributed by atoms with van der Waals surface area (Å²) in [5.41, 5.74) is 8.51. The third-order valence-electron chi connectivity index (χ3n) is 8.29. The summed E-state index contributed by atoms with van der Waals surface area (Å²) < 4.78 is 17.0. The van der Waals surface area contributed by atoms with Gasteiger partial charge in [0.05, 0.1) is 23.2 Å². The number of carbonyl (C=O) groups excluding carboxylic acids is 3. The summed E-state index contributed by atoms with van der Waals surface area (Å²) in [7, 11) is 0. The normalized spacial score (nSPS) is 20.3. The molecule has 3 N–H and O–H groups in total. The molecule has 0 radical (unpaired) electrons. The fourth-order valence-corrected chi connectivity index (χ4v) is 6.39. The van der Waals surface area contributed by atoms with Gasteiger partial charge in [0.15, 0.2) is 17.3 Å². The number of amides is 2. The first-order valence-corrected chi connectivity index (χ1v) is 14.4. The number of hydrogen-bond acceptors (Lipinski definition) is 7. The highest BCUT2D eigenvalue weighted by Crippen LogP contribution is 2.42. The maximum absolute atomic E-state index is 15.6. The van der Waals surface area contributed by atoms with E-state index in [2.05, 4.69) is 20.4 Å². The molecule has 10 nitrogen and oxygen atoms in total. The molecule has 1 unspecified atom stereocenters. The van der Waals surface area contributed by atoms with Crippen molar-refractivity contribution in [1.29, 1.82) is 0 Å². The number of fused-ring (bicyclic) bond motifs is 2. The van der Waals surface area contributed by atoms with E-state index in [1.54, 1.807) is 60.9 Å². The number of nitrogens with two attached hydrogens (primary N) is 1. The van der Waals surface area contributed by atoms with Gasteiger partial charge in [0.2, 0.25) is 5.91 Å². The molecule has 0 aliphatic carbocycles. The zero-order valence-electron chi connectivity index (χ0n) is 23.2. The second-order valence-corrected chi connectivity index (χ2v) is 11.4. The molecule has 12 heteroatoms. The summed E-state index contributed by atoms with van der Waals surface area (Å²) in [6, 6.07) is 16.4. The maximum Gasteiger partial charge on any atom is 0.269 e. The lowest BCUT2D eigenvalue weighted by molar-refractivity contribution is -0.129. The lowest BCUT2D eigenvalue weighted by Gasteiger charge is -2.22. The van der Waals surface area contributed by atoms with Gasteiger partial charge in [-0.3, -0.25) is 24.0 Å². The minimum absolute atomic E-state index is 0.0120. The van der Waals surface area contributed by atoms with Crippen molar-refractivity contribution in [2.24, 2.45) is 11.7 Å². The molecule has 4 atom stereocenters. The number of nitrogens with one attached hydrogen (secondary N) is 1. The molecule has 3 aromatic carbocycles. The highest BCUT2D eigenvalue weighted by Gasteiger charge is 2.56. The number of carbonyl (C=O) groups is 3. The largest absolute Gasteiger partial charge is 0.364 e. The van der Waals surface area contributed by atoms with E-state index in [4.69, 9.17) is 17.3 Å². The van der Waals surface area contributed by atoms with Crippen molar-refractivity contribution in [1.82, 2.24) is 24.6 Å². The first kappa shape index (κ1) is 27.8. The molecule has 2 fully saturated rings. The third-order valence-corrected chi connectivity index (χ3v) is 8.62. The zero-order valence-corrected chi connectivity index (χ0v) is 23.9. The van der Waals surface area contributed by atoms with Gasteiger partial charge in [-0.25, -0.2) is 14.4 Å². The Labute approximate surface area is 255 Å². The van der Waals surface area contributed by atoms with Crippen molar-refractivity contribution >= 4 is 45.8 Å². The molecule has 2 aliphatic rings. The van der Waals surface area contributed by atoms with Crippen LogP contribution < -0.4 is 11.1 Å². The Morgan fingerprint density at radius 3 is 2.55 bits per heavy atom. The average Bonchev–Trinajstić information content (AvgIpc) is 3.53. The standard InChI is InChI=1S/C32H25ClFN7O3/c33-24-6-2-1-4-20(24)21-5-3-7-25(28(21)34)38-32(44)23-11-19-14-40(19)30(23)27(42)15-41-26-9-8-17(18-12-36-16-37-13-18)10-22(26)29(39-41)31(35)43/h1-10,12-13,16,19,23,30H,11,14-15H2,(H2,35,43)(H,38,44)/t19-,23+,30?,40+/m1/s1. The van der Waals surface area contributed by atoms with E-state index in [0.29, 0.717) is 34.5 Å². The van der Waals surface area contributed by atoms with Gasteiger partial charge in [-0.2, -0.15) is 5.10 Å². The number of aromatic nitrogens is 4. The molecule has 2 aliphatic heterocycles. The van der Waals surface area contributed by atoms with Crippen LogP contribution in [0.3, 0.4) is 0 Å². The number of ketones is 1. The molecule has 2 amide bonds. The van der Waals surface area contributed by atoms with E-state index in [1.165, 1.54) is 17.1 Å². The summed E-state index contributed by atoms with van der Waals surface area (Å²) >= 11 is 6.29. The van der Waals surface area contributed by atoms with Gasteiger partial charge in [-0.15, -0.1) is 0 Å². The number of primary amides is 1. The van der Waals surface area contributed by atoms with Crippen LogP contribution in [0, 0.1) is 11.7 Å². The Hall–Kier alpha value is -5.00. The molecule has 0 bridgehead atoms. The van der Waals surface area contributed by atoms with Crippen LogP contribution in [0.1, 0.15) is 16.9 Å². The molecule has 2 aromatic heterocycles. The topological polar surface area (TPSA) is 136 Å². The van der Waals surface area contributed by atoms with E-state index in [0.717, 1.165) is 11.1 Å². The number of benzene rings is 3. The summed E-state index contributed by atoms with van der Waals surface area (Å²) in [6.45, 7) is 0.525. The van der Waals surface area contributed by atoms with Crippen LogP contribution in [0.5, 0.6) is 0 Å². The second kappa shape index (κ2) is 10.9. The van der Waals surface area contributed by atoms with Crippen LogP contribution in [-0.4, -0.2) is 60.9 Å². The van der Waals surface area contributed by atoms with Crippen LogP contribution in [0.4, 0.5) is 10.1 Å². The van der Waals surface area contributed by atoms with Crippen LogP contribution in [0.2, 0.25) is 5.02 Å². The first-order chi connectivity index (χ1) is 21.3. The Balaban J connectivity index is 1.14. The molecular formula is C32H25ClFN7O3. The van der Waals surface area contributed by atoms with Crippen molar-refractivity contribution in [2.75, 3.05) is 11.9 Å². The van der Waals surface area contributed by atoms with Gasteiger partial charge in [0.1, 0.15) is 12.9 Å². The molecule has 5 aromatic rings. The van der Waals surface area contributed by atoms with E-state index < -0.39 is 29.6 Å². The van der Waals surface area contributed by atoms with Crippen LogP contribution in [0.25, 0.3) is 33.2 Å². The highest BCUT2D eigenvalue weighted by molar-refractivity contribution is 6.33. The lowest BCUT2D eigenvalue weighted by atomic mass is 9.93. The smallest absolute Gasteiger partial charge is 0.269 e. The molecule has 7 rings (SSSR count). The van der Waals surface area contributed by atoms with Crippen molar-refractivity contribution in [2.45, 2.75) is 25.0 Å². The highest BCUT2D eigenvalue weighted by atomic mass is 35.5. The fraction of sp³-hybridized carbons (Fsp3) is 0.188. The van der Waals surface area contributed by atoms with Gasteiger partial charge in [-0.1, -0.05) is 48.0 Å². The van der Waals surface area contributed by atoms with Crippen LogP contribution in [-0.2, 0) is 16.1 Å². The second-order valence-electron chi connectivity index (χ2n) is 11.0. The number of Topliss-reactive ketones (excluding diaryl/α,β-unsaturated/α-hetero) is 1. The quantitative estimate of drug-likeness (QED) is 0.250. The van der Waals surface area contributed by atoms with E-state index >= 15 is 4.39 Å². The number of hydrogen-bond donors (Lipinski definition) is 2. The number of halogens is 2. The SMILES string of the molecule is NC(=O)c1nn(CC(=O)C2[C@@H](C(=O)Nc3cccc(-c4ccccc4Cl)c3F)C[C@@H]3C[N@]23)c2ccc(-c3cncnc3)cc12. The van der Waals surface area contributed by atoms with Crippen molar-refractivity contribution in [3.8, 4) is 22.3 Å². The van der Waals surface area contributed by atoms with Crippen LogP contribution >= 0.6 is 11.6 Å². The lowest BCUT2D eigenvalue weighted by Crippen LogP contribution is -2.41. The zero-order chi connectivity index (χ0) is 30.5. The van der Waals surface area contributed by atoms with Gasteiger partial charge < -0.3 is 11.1 Å². The fourth-order valence-electron chi connectivity index (χ4n) is 6.15. The van der Waals surface area contributed by atoms with Gasteiger partial charge in [-0.05, 0) is 36.2 Å². The Bertz CT molecular complexity index is 1960. The molecule has 44 heavy (non-hydrogen) atoms. The number of piperidine rings is 1. The van der Waals surface area contributed by atoms with Gasteiger partial charge >= 0.3 is 0 Å². The van der Waals surface area contributed by atoms with Crippen molar-refractivity contribution in [3.05, 3.63) is 95.9 Å². The van der Waals surface area contributed by atoms with Gasteiger partial charge in [0, 0.05) is 52.1 Å². The molecule has 220 valence electrons. The minimum Gasteiger partial charge on any atom is -0.364 e. The molecule has 4 heterocycles. The van der Waals surface area contributed by atoms with Crippen molar-refractivity contribution < 1.29 is 18.8 Å². The monoisotopic (exact) mass is 609 g/mol. The molecule has 2 saturated heterocycles. The summed E-state index contributed by atoms with van der Waals surface area (Å²) in [4.78, 5) is 49.6. The Kier molecular flexibility index (Phi) is 6.91. The summed E-state index contributed by atoms with van der Waals surface area (Å²) in [5.74, 6) is -2.71. The minimum atomic E-state index is -0.729. The molecular weight excluding hydrogens is 585 g/mol. The maximum atomic E-state index is 15.6. The van der Waals surface area contributed by atoms with Gasteiger partial charge in [0.25, 0.3) is 5.91 Å². The average molecular weight is 610 g/mol. The summed E-state index contributed by atoms with van der Waals surface area (Å²) in [6.07, 6.45) is 5.20. The first-order valence-electron chi connectivity index (χ1n) is 14.0. The molecule has 0 saturated carbocycles. The Morgan fingerprint density at radius 1 is 1.00 bits per heavy atom. The predicted octanol–water partition coefficient (Wildman–Crippen LogP) is 4.33. The van der Waals surface area contributed by atoms with Crippen molar-refractivity contribution in [3.63, 3.8) is 0 Å². The van der Waals surface area contributed by atoms with E-state index in [-0.39, 0.29) is 35.3 Å². The number of rotatable bonds is 8. The van der Waals surface area contributed by atoms with E-state index in [1.807, 2.05) is 11.0 Å². The summed E-state index contributed by atoms with van der Waals surface area (Å²) in [5, 5.41) is 7.97. The Morgan fingerprint density at radius 2 is 1.77 bits per heavy atom. The predicted molar refractivity (Wildman–Crippen MR) is 162 cm³/mol. The number of anilines is 1. The van der Waals surface area contributed by atoms with E-state index in [9.17, 15) is 14.4 Å². The third kappa shape index (κ3) is 4.89.